The summed E-state index contributed by atoms with van der Waals surface area (Å²) in [6, 6.07) is 8.10. The van der Waals surface area contributed by atoms with Crippen LogP contribution >= 0.6 is 11.3 Å². The number of amides is 1. The lowest BCUT2D eigenvalue weighted by Crippen LogP contribution is -2.26. The van der Waals surface area contributed by atoms with E-state index in [0.29, 0.717) is 48.5 Å². The van der Waals surface area contributed by atoms with Crippen molar-refractivity contribution in [3.8, 4) is 5.75 Å². The maximum Gasteiger partial charge on any atom is 0.341 e. The first-order valence-electron chi connectivity index (χ1n) is 12.4. The van der Waals surface area contributed by atoms with E-state index in [4.69, 9.17) is 9.47 Å². The number of esters is 1. The average Bonchev–Trinajstić information content (AvgIpc) is 3.13. The summed E-state index contributed by atoms with van der Waals surface area (Å²) < 4.78 is 11.1. The zero-order valence-corrected chi connectivity index (χ0v) is 22.3. The molecule has 0 saturated carbocycles. The number of hydrogen-bond acceptors (Lipinski definition) is 5. The number of carbonyl (C=O) groups excluding carboxylic acids is 2. The van der Waals surface area contributed by atoms with Gasteiger partial charge in [-0.15, -0.1) is 11.3 Å². The second-order valence-electron chi connectivity index (χ2n) is 10.5. The molecule has 1 amide bonds. The van der Waals surface area contributed by atoms with Crippen LogP contribution in [0.15, 0.2) is 24.3 Å². The number of hydrogen-bond donors (Lipinski definition) is 1. The van der Waals surface area contributed by atoms with Gasteiger partial charge in [0.25, 0.3) is 0 Å². The van der Waals surface area contributed by atoms with E-state index in [9.17, 15) is 9.59 Å². The van der Waals surface area contributed by atoms with Gasteiger partial charge in [-0.05, 0) is 73.1 Å². The van der Waals surface area contributed by atoms with Crippen LogP contribution in [0.3, 0.4) is 0 Å². The predicted octanol–water partition coefficient (Wildman–Crippen LogP) is 7.00. The van der Waals surface area contributed by atoms with Crippen molar-refractivity contribution in [3.63, 3.8) is 0 Å². The van der Waals surface area contributed by atoms with Gasteiger partial charge < -0.3 is 14.8 Å². The largest absolute Gasteiger partial charge is 0.494 e. The fourth-order valence-corrected chi connectivity index (χ4v) is 5.72. The molecule has 34 heavy (non-hydrogen) atoms. The van der Waals surface area contributed by atoms with Crippen LogP contribution in [0.5, 0.6) is 5.75 Å². The van der Waals surface area contributed by atoms with E-state index in [1.54, 1.807) is 6.92 Å². The van der Waals surface area contributed by atoms with Gasteiger partial charge in [0, 0.05) is 11.3 Å². The van der Waals surface area contributed by atoms with E-state index in [2.05, 4.69) is 52.1 Å². The molecule has 1 aromatic carbocycles. The molecule has 1 aliphatic rings. The number of anilines is 1. The molecular formula is C28H39NO4S. The molecule has 0 aliphatic heterocycles. The third-order valence-corrected chi connectivity index (χ3v) is 7.76. The average molecular weight is 486 g/mol. The van der Waals surface area contributed by atoms with Crippen LogP contribution in [0.2, 0.25) is 0 Å². The van der Waals surface area contributed by atoms with Crippen molar-refractivity contribution >= 4 is 28.2 Å². The van der Waals surface area contributed by atoms with Crippen molar-refractivity contribution in [2.24, 2.45) is 11.3 Å². The second-order valence-corrected chi connectivity index (χ2v) is 11.6. The molecular weight excluding hydrogens is 446 g/mol. The first-order chi connectivity index (χ1) is 16.1. The van der Waals surface area contributed by atoms with Crippen LogP contribution in [-0.4, -0.2) is 25.1 Å². The number of rotatable bonds is 9. The Bertz CT molecular complexity index is 985. The summed E-state index contributed by atoms with van der Waals surface area (Å²) in [7, 11) is 0. The Balaban J connectivity index is 1.60. The van der Waals surface area contributed by atoms with Gasteiger partial charge in [-0.2, -0.15) is 0 Å². The molecule has 1 atom stereocenters. The molecule has 0 saturated heterocycles. The highest BCUT2D eigenvalue weighted by Gasteiger charge is 2.34. The van der Waals surface area contributed by atoms with Gasteiger partial charge in [0.1, 0.15) is 10.8 Å². The van der Waals surface area contributed by atoms with Gasteiger partial charge in [-0.1, -0.05) is 46.8 Å². The molecule has 0 fully saturated rings. The number of thiophene rings is 1. The second kappa shape index (κ2) is 11.4. The molecule has 0 radical (unpaired) electrons. The van der Waals surface area contributed by atoms with E-state index in [1.165, 1.54) is 21.8 Å². The Labute approximate surface area is 208 Å². The number of ether oxygens (including phenoxy) is 2. The summed E-state index contributed by atoms with van der Waals surface area (Å²) >= 11 is 1.54. The molecule has 1 aromatic heterocycles. The smallest absolute Gasteiger partial charge is 0.341 e. The van der Waals surface area contributed by atoms with Crippen molar-refractivity contribution in [1.82, 2.24) is 0 Å². The number of fused-ring (bicyclic) bond motifs is 1. The summed E-state index contributed by atoms with van der Waals surface area (Å²) in [5.41, 5.74) is 3.11. The minimum Gasteiger partial charge on any atom is -0.494 e. The van der Waals surface area contributed by atoms with Crippen molar-refractivity contribution < 1.29 is 19.1 Å². The zero-order chi connectivity index (χ0) is 24.9. The molecule has 1 aliphatic carbocycles. The molecule has 6 heteroatoms. The van der Waals surface area contributed by atoms with E-state index in [0.717, 1.165) is 30.6 Å². The van der Waals surface area contributed by atoms with Gasteiger partial charge in [-0.3, -0.25) is 4.79 Å². The van der Waals surface area contributed by atoms with Crippen LogP contribution in [0.4, 0.5) is 5.00 Å². The van der Waals surface area contributed by atoms with Crippen molar-refractivity contribution in [2.45, 2.75) is 79.6 Å². The topological polar surface area (TPSA) is 64.6 Å². The normalized spacial score (nSPS) is 15.7. The number of carbonyl (C=O) groups is 2. The number of nitrogens with one attached hydrogen (secondary N) is 1. The molecule has 1 unspecified atom stereocenters. The Morgan fingerprint density at radius 2 is 1.88 bits per heavy atom. The molecule has 2 aromatic rings. The minimum atomic E-state index is -0.335. The number of benzene rings is 1. The van der Waals surface area contributed by atoms with Crippen molar-refractivity contribution in [3.05, 3.63) is 45.8 Å². The van der Waals surface area contributed by atoms with Crippen LogP contribution in [-0.2, 0) is 22.4 Å². The van der Waals surface area contributed by atoms with E-state index in [-0.39, 0.29) is 17.3 Å². The molecule has 186 valence electrons. The minimum absolute atomic E-state index is 0.102. The Hall–Kier alpha value is -2.34. The van der Waals surface area contributed by atoms with E-state index < -0.39 is 0 Å². The molecule has 1 heterocycles. The zero-order valence-electron chi connectivity index (χ0n) is 21.5. The third-order valence-electron chi connectivity index (χ3n) is 6.59. The maximum absolute atomic E-state index is 12.8. The fraction of sp³-hybridized carbons (Fsp3) is 0.571. The quantitative estimate of drug-likeness (QED) is 0.307. The van der Waals surface area contributed by atoms with Crippen LogP contribution < -0.4 is 10.1 Å². The van der Waals surface area contributed by atoms with Gasteiger partial charge in [0.05, 0.1) is 18.8 Å². The Morgan fingerprint density at radius 1 is 1.18 bits per heavy atom. The highest BCUT2D eigenvalue weighted by atomic mass is 32.1. The SMILES string of the molecule is CCOC(=O)c1c(NC(=O)CCCOc2ccc(C(C)C)cc2)sc2c1CCC(C(C)(C)C)C2. The van der Waals surface area contributed by atoms with Gasteiger partial charge >= 0.3 is 5.97 Å². The van der Waals surface area contributed by atoms with Gasteiger partial charge in [0.2, 0.25) is 5.91 Å². The summed E-state index contributed by atoms with van der Waals surface area (Å²) in [6.45, 7) is 13.7. The summed E-state index contributed by atoms with van der Waals surface area (Å²) in [5.74, 6) is 1.42. The highest BCUT2D eigenvalue weighted by Crippen LogP contribution is 2.44. The monoisotopic (exact) mass is 485 g/mol. The standard InChI is InChI=1S/C28H39NO4S/c1-7-32-27(31)25-22-15-12-20(28(4,5)6)17-23(22)34-26(25)29-24(30)9-8-16-33-21-13-10-19(11-14-21)18(2)3/h10-11,13-14,18,20H,7-9,12,15-17H2,1-6H3,(H,29,30). The van der Waals surface area contributed by atoms with Crippen LogP contribution in [0.1, 0.15) is 93.1 Å². The molecule has 0 bridgehead atoms. The fourth-order valence-electron chi connectivity index (χ4n) is 4.39. The summed E-state index contributed by atoms with van der Waals surface area (Å²) in [4.78, 5) is 26.7. The summed E-state index contributed by atoms with van der Waals surface area (Å²) in [6.07, 6.45) is 3.77. The highest BCUT2D eigenvalue weighted by molar-refractivity contribution is 7.17. The predicted molar refractivity (Wildman–Crippen MR) is 139 cm³/mol. The lowest BCUT2D eigenvalue weighted by molar-refractivity contribution is -0.116. The molecule has 3 rings (SSSR count). The lowest BCUT2D eigenvalue weighted by atomic mass is 9.72. The maximum atomic E-state index is 12.8. The third kappa shape index (κ3) is 6.62. The Kier molecular flexibility index (Phi) is 8.80. The van der Waals surface area contributed by atoms with Crippen molar-refractivity contribution in [1.29, 1.82) is 0 Å². The van der Waals surface area contributed by atoms with E-state index >= 15 is 0 Å². The van der Waals surface area contributed by atoms with Crippen LogP contribution in [0.25, 0.3) is 0 Å². The Morgan fingerprint density at radius 3 is 2.50 bits per heavy atom. The van der Waals surface area contributed by atoms with Crippen molar-refractivity contribution in [2.75, 3.05) is 18.5 Å². The van der Waals surface area contributed by atoms with E-state index in [1.807, 2.05) is 12.1 Å². The first-order valence-corrected chi connectivity index (χ1v) is 13.3. The molecule has 1 N–H and O–H groups in total. The van der Waals surface area contributed by atoms with Crippen LogP contribution in [0, 0.1) is 11.3 Å². The first kappa shape index (κ1) is 26.3. The van der Waals surface area contributed by atoms with Gasteiger partial charge in [0.15, 0.2) is 0 Å². The summed E-state index contributed by atoms with van der Waals surface area (Å²) in [5, 5.41) is 3.64. The lowest BCUT2D eigenvalue weighted by Gasteiger charge is -2.33. The molecule has 0 spiro atoms. The van der Waals surface area contributed by atoms with Gasteiger partial charge in [-0.25, -0.2) is 4.79 Å². The molecule has 5 nitrogen and oxygen atoms in total.